The van der Waals surface area contributed by atoms with Crippen LogP contribution in [-0.2, 0) is 19.6 Å². The molecule has 0 radical (unpaired) electrons. The molecule has 118 valence electrons. The zero-order chi connectivity index (χ0) is 15.6. The third-order valence-electron chi connectivity index (χ3n) is 3.24. The summed E-state index contributed by atoms with van der Waals surface area (Å²) in [4.78, 5) is 12.4. The van der Waals surface area contributed by atoms with E-state index in [1.54, 1.807) is 27.7 Å². The van der Waals surface area contributed by atoms with Crippen molar-refractivity contribution in [3.63, 3.8) is 0 Å². The zero-order valence-corrected chi connectivity index (χ0v) is 14.1. The van der Waals surface area contributed by atoms with Crippen LogP contribution in [0, 0.1) is 0 Å². The van der Waals surface area contributed by atoms with Gasteiger partial charge in [0.2, 0.25) is 4.08 Å². The van der Waals surface area contributed by atoms with Crippen molar-refractivity contribution < 1.29 is 22.5 Å². The zero-order valence-electron chi connectivity index (χ0n) is 12.5. The average Bonchev–Trinajstić information content (AvgIpc) is 2.75. The summed E-state index contributed by atoms with van der Waals surface area (Å²) in [6.45, 7) is 6.98. The summed E-state index contributed by atoms with van der Waals surface area (Å²) in [6, 6.07) is 0. The second-order valence-electron chi connectivity index (χ2n) is 6.11. The van der Waals surface area contributed by atoms with Gasteiger partial charge in [0.05, 0.1) is 0 Å². The van der Waals surface area contributed by atoms with E-state index in [1.165, 1.54) is 0 Å². The average molecular weight is 324 g/mol. The fraction of sp³-hybridized carbons (Fsp3) is 0.923. The van der Waals surface area contributed by atoms with E-state index in [-0.39, 0.29) is 12.5 Å². The summed E-state index contributed by atoms with van der Waals surface area (Å²) >= 11 is 0.935. The molecule has 0 amide bonds. The third kappa shape index (κ3) is 4.11. The first kappa shape index (κ1) is 17.8. The molecule has 0 aromatic rings. The molecule has 1 fully saturated rings. The van der Waals surface area contributed by atoms with Gasteiger partial charge >= 0.3 is 5.97 Å². The van der Waals surface area contributed by atoms with Crippen LogP contribution in [-0.4, -0.2) is 33.9 Å². The summed E-state index contributed by atoms with van der Waals surface area (Å²) in [5.74, 6) is -0.839. The molecule has 1 N–H and O–H groups in total. The van der Waals surface area contributed by atoms with Gasteiger partial charge in [-0.1, -0.05) is 27.7 Å². The maximum atomic E-state index is 12.4. The molecular formula is C13H24O5S2. The molecule has 0 aromatic carbocycles. The molecule has 1 atom stereocenters. The summed E-state index contributed by atoms with van der Waals surface area (Å²) in [5, 5.41) is 0. The normalized spacial score (nSPS) is 20.6. The van der Waals surface area contributed by atoms with Crippen LogP contribution in [0.3, 0.4) is 0 Å². The molecule has 0 aromatic heterocycles. The number of thioether (sulfide) groups is 1. The number of ether oxygens (including phenoxy) is 1. The number of esters is 1. The first-order valence-corrected chi connectivity index (χ1v) is 9.16. The van der Waals surface area contributed by atoms with Crippen LogP contribution < -0.4 is 0 Å². The number of carbonyl (C=O) groups is 1. The summed E-state index contributed by atoms with van der Waals surface area (Å²) < 4.78 is 36.1. The van der Waals surface area contributed by atoms with Crippen molar-refractivity contribution >= 4 is 27.8 Å². The molecule has 1 aliphatic rings. The lowest BCUT2D eigenvalue weighted by Crippen LogP contribution is -2.47. The highest BCUT2D eigenvalue weighted by atomic mass is 32.3. The third-order valence-corrected chi connectivity index (χ3v) is 6.81. The van der Waals surface area contributed by atoms with Crippen molar-refractivity contribution in [1.29, 1.82) is 0 Å². The van der Waals surface area contributed by atoms with Crippen molar-refractivity contribution in [1.82, 2.24) is 0 Å². The maximum absolute atomic E-state index is 12.4. The molecule has 1 rings (SSSR count). The topological polar surface area (TPSA) is 80.7 Å². The second-order valence-corrected chi connectivity index (χ2v) is 10.1. The van der Waals surface area contributed by atoms with E-state index in [0.29, 0.717) is 0 Å². The van der Waals surface area contributed by atoms with Crippen molar-refractivity contribution in [2.24, 2.45) is 0 Å². The lowest BCUT2D eigenvalue weighted by atomic mass is 10.2. The fourth-order valence-electron chi connectivity index (χ4n) is 2.34. The first-order chi connectivity index (χ1) is 9.02. The Morgan fingerprint density at radius 2 is 1.80 bits per heavy atom. The minimum atomic E-state index is -4.56. The Hall–Kier alpha value is -0.270. The van der Waals surface area contributed by atoms with Gasteiger partial charge in [-0.05, 0) is 32.1 Å². The lowest BCUT2D eigenvalue weighted by Gasteiger charge is -2.33. The van der Waals surface area contributed by atoms with E-state index in [4.69, 9.17) is 4.74 Å². The standard InChI is InChI=1S/C13H24O5S2/c1-5-13(20(15,16)17,19-12(2,3)4)11(14)18-10-8-6-7-9-10/h10H,5-9H2,1-4H3,(H,15,16,17). The van der Waals surface area contributed by atoms with E-state index in [9.17, 15) is 17.8 Å². The van der Waals surface area contributed by atoms with Crippen molar-refractivity contribution in [2.75, 3.05) is 0 Å². The van der Waals surface area contributed by atoms with Crippen LogP contribution in [0.1, 0.15) is 59.8 Å². The van der Waals surface area contributed by atoms with Gasteiger partial charge in [-0.25, -0.2) is 4.79 Å². The molecule has 0 spiro atoms. The van der Waals surface area contributed by atoms with Gasteiger partial charge in [-0.2, -0.15) is 8.42 Å². The molecular weight excluding hydrogens is 300 g/mol. The summed E-state index contributed by atoms with van der Waals surface area (Å²) in [6.07, 6.45) is 3.23. The van der Waals surface area contributed by atoms with Crippen LogP contribution in [0.2, 0.25) is 0 Å². The van der Waals surface area contributed by atoms with Crippen LogP contribution in [0.4, 0.5) is 0 Å². The Balaban J connectivity index is 3.05. The Labute approximate surface area is 125 Å². The number of carbonyl (C=O) groups excluding carboxylic acids is 1. The van der Waals surface area contributed by atoms with E-state index < -0.39 is 24.9 Å². The van der Waals surface area contributed by atoms with E-state index in [2.05, 4.69) is 0 Å². The number of hydrogen-bond donors (Lipinski definition) is 1. The molecule has 20 heavy (non-hydrogen) atoms. The molecule has 5 nitrogen and oxygen atoms in total. The summed E-state index contributed by atoms with van der Waals surface area (Å²) in [5.41, 5.74) is 0. The van der Waals surface area contributed by atoms with Gasteiger partial charge in [0, 0.05) is 4.75 Å². The molecule has 0 aliphatic heterocycles. The smallest absolute Gasteiger partial charge is 0.340 e. The molecule has 0 heterocycles. The van der Waals surface area contributed by atoms with Crippen molar-refractivity contribution in [3.8, 4) is 0 Å². The largest absolute Gasteiger partial charge is 0.461 e. The highest BCUT2D eigenvalue weighted by molar-refractivity contribution is 8.14. The minimum Gasteiger partial charge on any atom is -0.461 e. The molecule has 1 saturated carbocycles. The van der Waals surface area contributed by atoms with Gasteiger partial charge in [0.1, 0.15) is 6.10 Å². The SMILES string of the molecule is CCC(SC(C)(C)C)(C(=O)OC1CCCC1)S(=O)(=O)O. The number of rotatable bonds is 5. The monoisotopic (exact) mass is 324 g/mol. The molecule has 1 aliphatic carbocycles. The van der Waals surface area contributed by atoms with E-state index >= 15 is 0 Å². The Bertz CT molecular complexity index is 446. The van der Waals surface area contributed by atoms with Gasteiger partial charge in [0.25, 0.3) is 10.1 Å². The minimum absolute atomic E-state index is 0.0284. The Kier molecular flexibility index (Phi) is 5.54. The van der Waals surface area contributed by atoms with Crippen LogP contribution in [0.15, 0.2) is 0 Å². The fourth-order valence-corrected chi connectivity index (χ4v) is 5.40. The van der Waals surface area contributed by atoms with Gasteiger partial charge in [-0.15, -0.1) is 11.8 Å². The predicted octanol–water partition coefficient (Wildman–Crippen LogP) is 3.00. The van der Waals surface area contributed by atoms with Gasteiger partial charge < -0.3 is 4.74 Å². The summed E-state index contributed by atoms with van der Waals surface area (Å²) in [7, 11) is -4.56. The van der Waals surface area contributed by atoms with E-state index in [0.717, 1.165) is 37.4 Å². The predicted molar refractivity (Wildman–Crippen MR) is 80.3 cm³/mol. The van der Waals surface area contributed by atoms with Gasteiger partial charge in [-0.3, -0.25) is 4.55 Å². The quantitative estimate of drug-likeness (QED) is 0.618. The van der Waals surface area contributed by atoms with Crippen molar-refractivity contribution in [3.05, 3.63) is 0 Å². The van der Waals surface area contributed by atoms with E-state index in [1.807, 2.05) is 0 Å². The Morgan fingerprint density at radius 3 is 2.15 bits per heavy atom. The molecule has 0 saturated heterocycles. The molecule has 0 bridgehead atoms. The van der Waals surface area contributed by atoms with Crippen LogP contribution >= 0.6 is 11.8 Å². The van der Waals surface area contributed by atoms with Crippen molar-refractivity contribution in [2.45, 2.75) is 74.7 Å². The van der Waals surface area contributed by atoms with Crippen LogP contribution in [0.5, 0.6) is 0 Å². The highest BCUT2D eigenvalue weighted by Gasteiger charge is 2.54. The lowest BCUT2D eigenvalue weighted by molar-refractivity contribution is -0.149. The molecule has 7 heteroatoms. The number of hydrogen-bond acceptors (Lipinski definition) is 5. The van der Waals surface area contributed by atoms with Crippen LogP contribution in [0.25, 0.3) is 0 Å². The van der Waals surface area contributed by atoms with Gasteiger partial charge in [0.15, 0.2) is 0 Å². The Morgan fingerprint density at radius 1 is 1.30 bits per heavy atom. The molecule has 1 unspecified atom stereocenters. The maximum Gasteiger partial charge on any atom is 0.340 e. The highest BCUT2D eigenvalue weighted by Crippen LogP contribution is 2.44. The first-order valence-electron chi connectivity index (χ1n) is 6.90. The second kappa shape index (κ2) is 6.23.